The standard InChI is InChI=1S/C19H15BrN2O4/c1-26-18-8-13(15(20)9-17(18)24)10-21-22-19(25)14-6-11-4-2-3-5-12(11)7-16(14)23/h2-10,23-24H,1H3,(H,22,25). The molecule has 3 aromatic rings. The number of phenols is 2. The third kappa shape index (κ3) is 3.62. The van der Waals surface area contributed by atoms with Gasteiger partial charge >= 0.3 is 0 Å². The maximum atomic E-state index is 12.3. The molecule has 3 rings (SSSR count). The van der Waals surface area contributed by atoms with E-state index in [1.807, 2.05) is 24.3 Å². The van der Waals surface area contributed by atoms with E-state index in [9.17, 15) is 15.0 Å². The third-order valence-corrected chi connectivity index (χ3v) is 4.46. The summed E-state index contributed by atoms with van der Waals surface area (Å²) in [7, 11) is 1.44. The monoisotopic (exact) mass is 414 g/mol. The van der Waals surface area contributed by atoms with Gasteiger partial charge in [0.15, 0.2) is 11.5 Å². The Labute approximate surface area is 157 Å². The van der Waals surface area contributed by atoms with Crippen molar-refractivity contribution in [1.29, 1.82) is 0 Å². The molecule has 1 amide bonds. The van der Waals surface area contributed by atoms with Crippen LogP contribution in [0.2, 0.25) is 0 Å². The van der Waals surface area contributed by atoms with E-state index >= 15 is 0 Å². The minimum absolute atomic E-state index is 0.0124. The number of benzene rings is 3. The van der Waals surface area contributed by atoms with Gasteiger partial charge in [-0.05, 0) is 51.0 Å². The molecule has 0 radical (unpaired) electrons. The van der Waals surface area contributed by atoms with Crippen molar-refractivity contribution in [3.63, 3.8) is 0 Å². The zero-order valence-corrected chi connectivity index (χ0v) is 15.3. The molecule has 0 aliphatic heterocycles. The number of hydrogen-bond acceptors (Lipinski definition) is 5. The lowest BCUT2D eigenvalue weighted by atomic mass is 10.1. The van der Waals surface area contributed by atoms with E-state index in [-0.39, 0.29) is 22.8 Å². The Kier molecular flexibility index (Phi) is 5.09. The number of halogens is 1. The smallest absolute Gasteiger partial charge is 0.275 e. The number of nitrogens with zero attached hydrogens (tertiary/aromatic N) is 1. The molecule has 3 aromatic carbocycles. The van der Waals surface area contributed by atoms with Gasteiger partial charge in [-0.1, -0.05) is 24.3 Å². The highest BCUT2D eigenvalue weighted by molar-refractivity contribution is 9.10. The lowest BCUT2D eigenvalue weighted by molar-refractivity contribution is 0.0952. The van der Waals surface area contributed by atoms with E-state index < -0.39 is 5.91 Å². The number of nitrogens with one attached hydrogen (secondary N) is 1. The van der Waals surface area contributed by atoms with E-state index in [1.54, 1.807) is 12.1 Å². The van der Waals surface area contributed by atoms with Crippen LogP contribution in [0.15, 0.2) is 58.1 Å². The zero-order chi connectivity index (χ0) is 18.7. The first-order chi connectivity index (χ1) is 12.5. The Morgan fingerprint density at radius 1 is 1.12 bits per heavy atom. The first-order valence-corrected chi connectivity index (χ1v) is 8.40. The summed E-state index contributed by atoms with van der Waals surface area (Å²) < 4.78 is 5.63. The fraction of sp³-hybridized carbons (Fsp3) is 0.0526. The van der Waals surface area contributed by atoms with Gasteiger partial charge in [0, 0.05) is 10.0 Å². The first kappa shape index (κ1) is 17.8. The summed E-state index contributed by atoms with van der Waals surface area (Å²) in [6.45, 7) is 0. The predicted molar refractivity (Wildman–Crippen MR) is 103 cm³/mol. The number of phenolic OH excluding ortho intramolecular Hbond substituents is 2. The van der Waals surface area contributed by atoms with Crippen LogP contribution < -0.4 is 10.2 Å². The van der Waals surface area contributed by atoms with Crippen LogP contribution in [0.1, 0.15) is 15.9 Å². The molecule has 0 saturated heterocycles. The van der Waals surface area contributed by atoms with Gasteiger partial charge < -0.3 is 14.9 Å². The summed E-state index contributed by atoms with van der Waals surface area (Å²) >= 11 is 3.30. The lowest BCUT2D eigenvalue weighted by Crippen LogP contribution is -2.17. The molecule has 3 N–H and O–H groups in total. The summed E-state index contributed by atoms with van der Waals surface area (Å²) in [5.74, 6) is -0.384. The molecule has 6 nitrogen and oxygen atoms in total. The molecule has 7 heteroatoms. The van der Waals surface area contributed by atoms with Crippen molar-refractivity contribution in [3.8, 4) is 17.2 Å². The number of carbonyl (C=O) groups is 1. The molecule has 0 saturated carbocycles. The van der Waals surface area contributed by atoms with Crippen LogP contribution in [0.5, 0.6) is 17.2 Å². The number of hydrogen-bond donors (Lipinski definition) is 3. The normalized spacial score (nSPS) is 11.0. The molecule has 0 heterocycles. The van der Waals surface area contributed by atoms with Crippen molar-refractivity contribution in [1.82, 2.24) is 5.43 Å². The molecule has 0 atom stereocenters. The third-order valence-electron chi connectivity index (χ3n) is 3.78. The van der Waals surface area contributed by atoms with E-state index in [0.29, 0.717) is 10.0 Å². The number of amides is 1. The average Bonchev–Trinajstić information content (AvgIpc) is 2.62. The summed E-state index contributed by atoms with van der Waals surface area (Å²) in [5.41, 5.74) is 3.11. The summed E-state index contributed by atoms with van der Waals surface area (Å²) in [6.07, 6.45) is 1.40. The minimum atomic E-state index is -0.536. The molecule has 0 bridgehead atoms. The van der Waals surface area contributed by atoms with Crippen molar-refractivity contribution >= 4 is 38.8 Å². The second kappa shape index (κ2) is 7.45. The first-order valence-electron chi connectivity index (χ1n) is 7.61. The summed E-state index contributed by atoms with van der Waals surface area (Å²) in [5, 5.41) is 25.4. The van der Waals surface area contributed by atoms with Crippen molar-refractivity contribution in [2.45, 2.75) is 0 Å². The second-order valence-corrected chi connectivity index (χ2v) is 6.32. The number of rotatable bonds is 4. The fourth-order valence-electron chi connectivity index (χ4n) is 2.45. The molecular formula is C19H15BrN2O4. The van der Waals surface area contributed by atoms with Crippen LogP contribution in [-0.2, 0) is 0 Å². The lowest BCUT2D eigenvalue weighted by Gasteiger charge is -2.07. The van der Waals surface area contributed by atoms with Crippen LogP contribution >= 0.6 is 15.9 Å². The topological polar surface area (TPSA) is 91.2 Å². The van der Waals surface area contributed by atoms with Crippen LogP contribution in [0.4, 0.5) is 0 Å². The number of carbonyl (C=O) groups excluding carboxylic acids is 1. The van der Waals surface area contributed by atoms with E-state index in [4.69, 9.17) is 4.74 Å². The minimum Gasteiger partial charge on any atom is -0.507 e. The number of methoxy groups -OCH3 is 1. The van der Waals surface area contributed by atoms with Gasteiger partial charge in [0.1, 0.15) is 5.75 Å². The van der Waals surface area contributed by atoms with Crippen molar-refractivity contribution in [2.24, 2.45) is 5.10 Å². The molecule has 0 fully saturated rings. The van der Waals surface area contributed by atoms with Gasteiger partial charge in [-0.3, -0.25) is 4.79 Å². The van der Waals surface area contributed by atoms with Gasteiger partial charge in [0.2, 0.25) is 0 Å². The SMILES string of the molecule is COc1cc(C=NNC(=O)c2cc3ccccc3cc2O)c(Br)cc1O. The highest BCUT2D eigenvalue weighted by Gasteiger charge is 2.12. The highest BCUT2D eigenvalue weighted by atomic mass is 79.9. The van der Waals surface area contributed by atoms with Gasteiger partial charge in [0.05, 0.1) is 18.9 Å². The Hall–Kier alpha value is -3.06. The zero-order valence-electron chi connectivity index (χ0n) is 13.7. The second-order valence-electron chi connectivity index (χ2n) is 5.46. The van der Waals surface area contributed by atoms with Gasteiger partial charge in [0.25, 0.3) is 5.91 Å². The highest BCUT2D eigenvalue weighted by Crippen LogP contribution is 2.31. The number of hydrazone groups is 1. The summed E-state index contributed by atoms with van der Waals surface area (Å²) in [4.78, 5) is 12.3. The van der Waals surface area contributed by atoms with E-state index in [1.165, 1.54) is 25.5 Å². The Bertz CT molecular complexity index is 1020. The molecule has 0 aliphatic carbocycles. The van der Waals surface area contributed by atoms with Crippen LogP contribution in [-0.4, -0.2) is 29.4 Å². The Morgan fingerprint density at radius 3 is 2.50 bits per heavy atom. The van der Waals surface area contributed by atoms with Gasteiger partial charge in [-0.25, -0.2) is 5.43 Å². The number of aromatic hydroxyl groups is 2. The molecule has 132 valence electrons. The average molecular weight is 415 g/mol. The Balaban J connectivity index is 1.81. The summed E-state index contributed by atoms with van der Waals surface area (Å²) in [6, 6.07) is 13.6. The molecular weight excluding hydrogens is 400 g/mol. The van der Waals surface area contributed by atoms with Crippen molar-refractivity contribution in [3.05, 3.63) is 64.1 Å². The van der Waals surface area contributed by atoms with Gasteiger partial charge in [-0.2, -0.15) is 5.10 Å². The predicted octanol–water partition coefficient (Wildman–Crippen LogP) is 3.79. The molecule has 0 aliphatic rings. The number of ether oxygens (including phenoxy) is 1. The van der Waals surface area contributed by atoms with E-state index in [0.717, 1.165) is 10.8 Å². The largest absolute Gasteiger partial charge is 0.507 e. The van der Waals surface area contributed by atoms with Gasteiger partial charge in [-0.15, -0.1) is 0 Å². The molecule has 0 unspecified atom stereocenters. The van der Waals surface area contributed by atoms with Crippen LogP contribution in [0.3, 0.4) is 0 Å². The molecule has 26 heavy (non-hydrogen) atoms. The van der Waals surface area contributed by atoms with E-state index in [2.05, 4.69) is 26.5 Å². The Morgan fingerprint density at radius 2 is 1.81 bits per heavy atom. The van der Waals surface area contributed by atoms with Crippen LogP contribution in [0, 0.1) is 0 Å². The quantitative estimate of drug-likeness (QED) is 0.447. The van der Waals surface area contributed by atoms with Crippen LogP contribution in [0.25, 0.3) is 10.8 Å². The number of fused-ring (bicyclic) bond motifs is 1. The maximum absolute atomic E-state index is 12.3. The van der Waals surface area contributed by atoms with Crippen molar-refractivity contribution in [2.75, 3.05) is 7.11 Å². The fourth-order valence-corrected chi connectivity index (χ4v) is 2.89. The molecule has 0 spiro atoms. The molecule has 0 aromatic heterocycles. The maximum Gasteiger partial charge on any atom is 0.275 e. The van der Waals surface area contributed by atoms with Crippen molar-refractivity contribution < 1.29 is 19.7 Å².